The predicted molar refractivity (Wildman–Crippen MR) is 120 cm³/mol. The molecule has 0 aliphatic carbocycles. The highest BCUT2D eigenvalue weighted by Gasteiger charge is 2.36. The molecule has 0 saturated carbocycles. The first kappa shape index (κ1) is 24.5. The van der Waals surface area contributed by atoms with Crippen LogP contribution in [0.4, 0.5) is 0 Å². The number of morpholine rings is 1. The fraction of sp³-hybridized carbons (Fsp3) is 0.304. The summed E-state index contributed by atoms with van der Waals surface area (Å²) < 4.78 is 23.9. The SMILES string of the molecule is COc1ccc([C@H]2NC(=O)CO[C@@H]2c2nc(C)nn2-c2ccccc2OC)cc1OC.O=CO. The number of ether oxygens (including phenoxy) is 4. The van der Waals surface area contributed by atoms with Gasteiger partial charge in [-0.05, 0) is 36.8 Å². The first-order valence-electron chi connectivity index (χ1n) is 10.2. The summed E-state index contributed by atoms with van der Waals surface area (Å²) in [6, 6.07) is 12.5. The van der Waals surface area contributed by atoms with Gasteiger partial charge in [-0.1, -0.05) is 18.2 Å². The lowest BCUT2D eigenvalue weighted by atomic mass is 9.98. The number of nitrogens with zero attached hydrogens (tertiary/aromatic N) is 3. The third kappa shape index (κ3) is 5.09. The van der Waals surface area contributed by atoms with Crippen LogP contribution >= 0.6 is 0 Å². The van der Waals surface area contributed by atoms with Crippen LogP contribution in [0.25, 0.3) is 5.69 Å². The average Bonchev–Trinajstić information content (AvgIpc) is 3.25. The molecule has 1 aliphatic rings. The van der Waals surface area contributed by atoms with Crippen molar-refractivity contribution in [2.75, 3.05) is 27.9 Å². The first-order valence-corrected chi connectivity index (χ1v) is 10.2. The fourth-order valence-electron chi connectivity index (χ4n) is 3.68. The third-order valence-electron chi connectivity index (χ3n) is 5.09. The normalized spacial score (nSPS) is 17.1. The molecule has 34 heavy (non-hydrogen) atoms. The number of rotatable bonds is 6. The molecule has 1 fully saturated rings. The number of hydrogen-bond acceptors (Lipinski definition) is 8. The van der Waals surface area contributed by atoms with Crippen molar-refractivity contribution >= 4 is 12.4 Å². The van der Waals surface area contributed by atoms with Gasteiger partial charge in [-0.15, -0.1) is 0 Å². The monoisotopic (exact) mass is 470 g/mol. The quantitative estimate of drug-likeness (QED) is 0.520. The lowest BCUT2D eigenvalue weighted by molar-refractivity contribution is -0.138. The van der Waals surface area contributed by atoms with Crippen molar-refractivity contribution in [3.8, 4) is 22.9 Å². The predicted octanol–water partition coefficient (Wildman–Crippen LogP) is 2.23. The minimum Gasteiger partial charge on any atom is -0.494 e. The van der Waals surface area contributed by atoms with E-state index in [4.69, 9.17) is 28.8 Å². The minimum absolute atomic E-state index is 0.0771. The van der Waals surface area contributed by atoms with Gasteiger partial charge in [0.15, 0.2) is 17.3 Å². The molecule has 0 spiro atoms. The number of carboxylic acid groups (broad SMARTS) is 1. The standard InChI is InChI=1S/C22H24N4O5.CH2O2/c1-13-23-22(26(25-13)15-7-5-6-8-16(15)28-2)21-20(24-19(27)12-31-21)14-9-10-17(29-3)18(11-14)30-4;2-1-3/h5-11,20-21H,12H2,1-4H3,(H,24,27);1H,(H,2,3)/t20-,21+;/m1./s1. The second-order valence-electron chi connectivity index (χ2n) is 7.10. The maximum Gasteiger partial charge on any atom is 0.290 e. The lowest BCUT2D eigenvalue weighted by Gasteiger charge is -2.32. The summed E-state index contributed by atoms with van der Waals surface area (Å²) in [5, 5.41) is 14.5. The molecule has 1 amide bonds. The summed E-state index contributed by atoms with van der Waals surface area (Å²) in [5.74, 6) is 2.72. The largest absolute Gasteiger partial charge is 0.494 e. The molecule has 3 aromatic rings. The summed E-state index contributed by atoms with van der Waals surface area (Å²) in [4.78, 5) is 25.2. The van der Waals surface area contributed by atoms with Crippen LogP contribution in [0.15, 0.2) is 42.5 Å². The second-order valence-corrected chi connectivity index (χ2v) is 7.10. The summed E-state index contributed by atoms with van der Waals surface area (Å²) in [7, 11) is 4.74. The Hall–Kier alpha value is -4.12. The van der Waals surface area contributed by atoms with E-state index in [0.717, 1.165) is 11.3 Å². The highest BCUT2D eigenvalue weighted by Crippen LogP contribution is 2.38. The van der Waals surface area contributed by atoms with Gasteiger partial charge in [-0.2, -0.15) is 5.10 Å². The molecule has 0 bridgehead atoms. The Labute approximate surface area is 196 Å². The highest BCUT2D eigenvalue weighted by molar-refractivity contribution is 5.78. The number of nitrogens with one attached hydrogen (secondary N) is 1. The van der Waals surface area contributed by atoms with Gasteiger partial charge in [0.05, 0.1) is 27.4 Å². The number of hydrogen-bond donors (Lipinski definition) is 2. The molecule has 4 rings (SSSR count). The van der Waals surface area contributed by atoms with E-state index in [0.29, 0.717) is 28.9 Å². The molecular weight excluding hydrogens is 444 g/mol. The summed E-state index contributed by atoms with van der Waals surface area (Å²) in [6.07, 6.45) is -0.582. The molecule has 1 aromatic heterocycles. The highest BCUT2D eigenvalue weighted by atomic mass is 16.5. The Bertz CT molecular complexity index is 1150. The topological polar surface area (TPSA) is 134 Å². The smallest absolute Gasteiger partial charge is 0.290 e. The van der Waals surface area contributed by atoms with Crippen LogP contribution in [-0.2, 0) is 14.3 Å². The Kier molecular flexibility index (Phi) is 8.04. The van der Waals surface area contributed by atoms with E-state index >= 15 is 0 Å². The number of amides is 1. The van der Waals surface area contributed by atoms with E-state index in [1.807, 2.05) is 43.3 Å². The van der Waals surface area contributed by atoms with Crippen LogP contribution in [0, 0.1) is 6.92 Å². The second kappa shape index (κ2) is 11.1. The van der Waals surface area contributed by atoms with E-state index in [1.54, 1.807) is 32.1 Å². The lowest BCUT2D eigenvalue weighted by Crippen LogP contribution is -2.42. The maximum atomic E-state index is 12.2. The van der Waals surface area contributed by atoms with Crippen LogP contribution in [0.2, 0.25) is 0 Å². The van der Waals surface area contributed by atoms with E-state index in [-0.39, 0.29) is 19.0 Å². The molecule has 11 nitrogen and oxygen atoms in total. The van der Waals surface area contributed by atoms with E-state index < -0.39 is 12.1 Å². The van der Waals surface area contributed by atoms with Crippen molar-refractivity contribution in [2.24, 2.45) is 0 Å². The van der Waals surface area contributed by atoms with Crippen molar-refractivity contribution in [2.45, 2.75) is 19.1 Å². The third-order valence-corrected chi connectivity index (χ3v) is 5.09. The Morgan fingerprint density at radius 3 is 2.44 bits per heavy atom. The number of benzene rings is 2. The number of carbonyl (C=O) groups excluding carboxylic acids is 1. The molecular formula is C23H26N4O7. The van der Waals surface area contributed by atoms with Gasteiger partial charge in [0.25, 0.3) is 6.47 Å². The maximum absolute atomic E-state index is 12.2. The zero-order chi connectivity index (χ0) is 24.7. The van der Waals surface area contributed by atoms with Gasteiger partial charge in [0.1, 0.15) is 30.0 Å². The number of aromatic nitrogens is 3. The van der Waals surface area contributed by atoms with Crippen molar-refractivity contribution in [1.82, 2.24) is 20.1 Å². The average molecular weight is 470 g/mol. The molecule has 11 heteroatoms. The fourth-order valence-corrected chi connectivity index (χ4v) is 3.68. The minimum atomic E-state index is -0.582. The van der Waals surface area contributed by atoms with Gasteiger partial charge >= 0.3 is 0 Å². The molecule has 1 saturated heterocycles. The molecule has 0 unspecified atom stereocenters. The Morgan fingerprint density at radius 2 is 1.76 bits per heavy atom. The van der Waals surface area contributed by atoms with E-state index in [1.165, 1.54) is 0 Å². The summed E-state index contributed by atoms with van der Waals surface area (Å²) in [5.41, 5.74) is 1.52. The van der Waals surface area contributed by atoms with Gasteiger partial charge in [0, 0.05) is 0 Å². The number of aryl methyl sites for hydroxylation is 1. The van der Waals surface area contributed by atoms with Crippen LogP contribution in [0.3, 0.4) is 0 Å². The van der Waals surface area contributed by atoms with Gasteiger partial charge < -0.3 is 29.4 Å². The Balaban J connectivity index is 0.00000103. The molecule has 0 radical (unpaired) electrons. The van der Waals surface area contributed by atoms with E-state index in [2.05, 4.69) is 15.4 Å². The van der Waals surface area contributed by atoms with Crippen molar-refractivity contribution in [3.05, 3.63) is 59.7 Å². The van der Waals surface area contributed by atoms with Gasteiger partial charge in [-0.3, -0.25) is 9.59 Å². The van der Waals surface area contributed by atoms with Crippen LogP contribution in [-0.4, -0.2) is 60.2 Å². The molecule has 2 aromatic carbocycles. The van der Waals surface area contributed by atoms with Crippen LogP contribution < -0.4 is 19.5 Å². The van der Waals surface area contributed by atoms with Crippen LogP contribution in [0.5, 0.6) is 17.2 Å². The number of methoxy groups -OCH3 is 3. The zero-order valence-corrected chi connectivity index (χ0v) is 19.2. The summed E-state index contributed by atoms with van der Waals surface area (Å²) in [6.45, 7) is 1.48. The van der Waals surface area contributed by atoms with Gasteiger partial charge in [-0.25, -0.2) is 9.67 Å². The van der Waals surface area contributed by atoms with Crippen molar-refractivity contribution in [1.29, 1.82) is 0 Å². The number of carbonyl (C=O) groups is 2. The van der Waals surface area contributed by atoms with Crippen LogP contribution in [0.1, 0.15) is 29.4 Å². The van der Waals surface area contributed by atoms with Crippen molar-refractivity contribution in [3.63, 3.8) is 0 Å². The Morgan fingerprint density at radius 1 is 1.09 bits per heavy atom. The molecule has 1 aliphatic heterocycles. The molecule has 2 heterocycles. The molecule has 2 atom stereocenters. The molecule has 2 N–H and O–H groups in total. The summed E-state index contributed by atoms with van der Waals surface area (Å²) >= 11 is 0. The zero-order valence-electron chi connectivity index (χ0n) is 19.2. The van der Waals surface area contributed by atoms with E-state index in [9.17, 15) is 4.79 Å². The van der Waals surface area contributed by atoms with Crippen molar-refractivity contribution < 1.29 is 33.6 Å². The number of para-hydroxylation sites is 2. The van der Waals surface area contributed by atoms with Gasteiger partial charge in [0.2, 0.25) is 5.91 Å². The first-order chi connectivity index (χ1) is 16.5. The molecule has 180 valence electrons.